The van der Waals surface area contributed by atoms with Gasteiger partial charge in [0.1, 0.15) is 23.5 Å². The number of piperazine rings is 2. The van der Waals surface area contributed by atoms with E-state index in [1.807, 2.05) is 48.5 Å². The maximum absolute atomic E-state index is 14.3. The van der Waals surface area contributed by atoms with E-state index in [1.165, 1.54) is 0 Å². The lowest BCUT2D eigenvalue weighted by molar-refractivity contribution is -0.203. The van der Waals surface area contributed by atoms with E-state index < -0.39 is 11.0 Å². The molecule has 74 heavy (non-hydrogen) atoms. The number of nitrogens with zero attached hydrogens (tertiary/aromatic N) is 9. The number of anilines is 1. The molecular weight excluding hydrogens is 964 g/mol. The average Bonchev–Trinajstić information content (AvgIpc) is 3.91. The van der Waals surface area contributed by atoms with Crippen LogP contribution in [0.5, 0.6) is 0 Å². The van der Waals surface area contributed by atoms with E-state index >= 15 is 0 Å². The summed E-state index contributed by atoms with van der Waals surface area (Å²) in [6, 6.07) is 9.34. The number of piperidine rings is 2. The number of likely N-dealkylation sites (tertiary alicyclic amines) is 1. The summed E-state index contributed by atoms with van der Waals surface area (Å²) in [6.07, 6.45) is 11.4. The first kappa shape index (κ1) is 53.3. The van der Waals surface area contributed by atoms with Gasteiger partial charge in [-0.3, -0.25) is 38.8 Å². The van der Waals surface area contributed by atoms with Crippen molar-refractivity contribution >= 4 is 63.7 Å². The summed E-state index contributed by atoms with van der Waals surface area (Å²) in [5, 5.41) is 10.9. The normalized spacial score (nSPS) is 25.6. The Labute approximate surface area is 439 Å². The number of fused-ring (bicyclic) bond motifs is 4. The molecule has 0 spiro atoms. The highest BCUT2D eigenvalue weighted by Crippen LogP contribution is 2.50. The lowest BCUT2D eigenvalue weighted by Gasteiger charge is -2.55. The summed E-state index contributed by atoms with van der Waals surface area (Å²) in [5.74, 6) is 0.714. The quantitative estimate of drug-likeness (QED) is 0.123. The summed E-state index contributed by atoms with van der Waals surface area (Å²) in [6.45, 7) is 11.4. The number of carbonyl (C=O) groups is 5. The summed E-state index contributed by atoms with van der Waals surface area (Å²) in [5.41, 5.74) is 7.39. The minimum atomic E-state index is -1.03. The number of benzene rings is 1. The van der Waals surface area contributed by atoms with E-state index in [1.54, 1.807) is 36.2 Å². The van der Waals surface area contributed by atoms with E-state index in [0.29, 0.717) is 102 Å². The van der Waals surface area contributed by atoms with E-state index in [4.69, 9.17) is 22.1 Å². The standard InChI is InChI=1S/C53H75ClN14O6/c1-4-41(61-43(69)33-57-32-37-10-19-63(3)44(70)31-37)45(56-2)48(71)67-27-25-65(26-28-67)34-52-14-12-51(13-15-52,35-74-52)50(73)68-29-23-64(24-30-68)20-11-42(38-5-7-39(54)8-6-38)62-49(72)53(55)16-21-66(22-17-53)47-40-9-18-58-46(40)59-36-60-47/h4-9,18,36-37,42,57H,10-17,19-35,55H2,1-3H3,(H,61,69)(H,62,72)(H,58,59,60)/b41-4+,56-45?/t37?,42-,51?,52?/m0/s1. The highest BCUT2D eigenvalue weighted by molar-refractivity contribution is 6.45. The number of nitrogens with one attached hydrogen (secondary N) is 4. The highest BCUT2D eigenvalue weighted by Gasteiger charge is 2.55. The fourth-order valence-corrected chi connectivity index (χ4v) is 12.0. The summed E-state index contributed by atoms with van der Waals surface area (Å²) >= 11 is 6.29. The Balaban J connectivity index is 0.699. The molecule has 1 saturated carbocycles. The van der Waals surface area contributed by atoms with Gasteiger partial charge in [-0.1, -0.05) is 29.8 Å². The summed E-state index contributed by atoms with van der Waals surface area (Å²) in [7, 11) is 3.38. The first-order valence-corrected chi connectivity index (χ1v) is 27.0. The predicted octanol–water partition coefficient (Wildman–Crippen LogP) is 2.32. The second kappa shape index (κ2) is 23.2. The van der Waals surface area contributed by atoms with E-state index in [2.05, 4.69) is 50.6 Å². The molecule has 1 aliphatic carbocycles. The minimum Gasteiger partial charge on any atom is -0.373 e. The topological polar surface area (TPSA) is 230 Å². The predicted molar refractivity (Wildman–Crippen MR) is 283 cm³/mol. The molecule has 2 atom stereocenters. The molecule has 1 aromatic carbocycles. The van der Waals surface area contributed by atoms with Crippen LogP contribution in [0.2, 0.25) is 5.02 Å². The summed E-state index contributed by atoms with van der Waals surface area (Å²) < 4.78 is 6.69. The molecule has 2 aromatic heterocycles. The molecule has 5 amide bonds. The molecule has 20 nitrogen and oxygen atoms in total. The molecule has 3 aromatic rings. The Morgan fingerprint density at radius 2 is 1.62 bits per heavy atom. The van der Waals surface area contributed by atoms with E-state index in [-0.39, 0.29) is 59.4 Å². The number of hydrogen-bond acceptors (Lipinski definition) is 14. The van der Waals surface area contributed by atoms with Crippen molar-refractivity contribution in [1.29, 1.82) is 0 Å². The SMILES string of the molecule is C/C=C(/NC(=O)CNCC1CCN(C)C(=O)C1)C(=NC)C(=O)N1CCN(CC23CCC(C(=O)N4CCN(CC[C@H](NC(=O)C5(N)CCN(c6ncnc7[nH]ccc67)CC5)c5ccc(Cl)cc5)CC4)(CC2)CO3)CC1. The Morgan fingerprint density at radius 1 is 0.919 bits per heavy atom. The van der Waals surface area contributed by atoms with Crippen LogP contribution in [-0.4, -0.2) is 205 Å². The number of rotatable bonds is 17. The molecule has 6 saturated heterocycles. The van der Waals surface area contributed by atoms with Gasteiger partial charge in [0.25, 0.3) is 5.91 Å². The van der Waals surface area contributed by atoms with Crippen molar-refractivity contribution in [2.24, 2.45) is 22.1 Å². The van der Waals surface area contributed by atoms with Crippen molar-refractivity contribution in [2.45, 2.75) is 81.9 Å². The van der Waals surface area contributed by atoms with Gasteiger partial charge in [-0.15, -0.1) is 0 Å². The number of H-pyrrole nitrogens is 1. The van der Waals surface area contributed by atoms with Crippen molar-refractivity contribution in [2.75, 3.05) is 124 Å². The monoisotopic (exact) mass is 1040 g/mol. The van der Waals surface area contributed by atoms with Gasteiger partial charge in [-0.25, -0.2) is 9.97 Å². The number of hydrogen-bond donors (Lipinski definition) is 5. The molecule has 6 N–H and O–H groups in total. The summed E-state index contributed by atoms with van der Waals surface area (Å²) in [4.78, 5) is 96.0. The Kier molecular flexibility index (Phi) is 16.7. The van der Waals surface area contributed by atoms with Crippen LogP contribution in [0.3, 0.4) is 0 Å². The molecule has 0 radical (unpaired) electrons. The molecule has 2 bridgehead atoms. The zero-order chi connectivity index (χ0) is 52.0. The number of aliphatic imine (C=N–C) groups is 1. The third kappa shape index (κ3) is 11.9. The number of amides is 5. The largest absolute Gasteiger partial charge is 0.373 e. The van der Waals surface area contributed by atoms with Crippen LogP contribution in [0.1, 0.15) is 76.3 Å². The molecule has 8 heterocycles. The van der Waals surface area contributed by atoms with Crippen LogP contribution in [0, 0.1) is 11.3 Å². The van der Waals surface area contributed by atoms with E-state index in [9.17, 15) is 24.0 Å². The van der Waals surface area contributed by atoms with Crippen LogP contribution in [-0.2, 0) is 28.7 Å². The lowest BCUT2D eigenvalue weighted by Crippen LogP contribution is -2.63. The van der Waals surface area contributed by atoms with Crippen LogP contribution < -0.4 is 26.6 Å². The van der Waals surface area contributed by atoms with Gasteiger partial charge >= 0.3 is 0 Å². The third-order valence-electron chi connectivity index (χ3n) is 16.8. The number of ether oxygens (including phenoxy) is 1. The Hall–Kier alpha value is -5.51. The zero-order valence-corrected chi connectivity index (χ0v) is 44.1. The van der Waals surface area contributed by atoms with Crippen molar-refractivity contribution in [3.05, 3.63) is 65.2 Å². The second-order valence-corrected chi connectivity index (χ2v) is 22.0. The number of carbonyl (C=O) groups excluding carboxylic acids is 5. The van der Waals surface area contributed by atoms with Crippen LogP contribution >= 0.6 is 11.6 Å². The molecule has 7 fully saturated rings. The smallest absolute Gasteiger partial charge is 0.274 e. The van der Waals surface area contributed by atoms with E-state index in [0.717, 1.165) is 87.2 Å². The zero-order valence-electron chi connectivity index (χ0n) is 43.4. The Bertz CT molecular complexity index is 2540. The number of nitrogens with two attached hydrogens (primary N) is 1. The second-order valence-electron chi connectivity index (χ2n) is 21.5. The molecule has 6 aliphatic heterocycles. The van der Waals surface area contributed by atoms with Gasteiger partial charge < -0.3 is 51.0 Å². The fourth-order valence-electron chi connectivity index (χ4n) is 11.9. The molecule has 400 valence electrons. The lowest BCUT2D eigenvalue weighted by atomic mass is 9.65. The van der Waals surface area contributed by atoms with Gasteiger partial charge in [0, 0.05) is 117 Å². The van der Waals surface area contributed by atoms with Gasteiger partial charge in [0.15, 0.2) is 0 Å². The number of aromatic nitrogens is 3. The number of aromatic amines is 1. The highest BCUT2D eigenvalue weighted by atomic mass is 35.5. The van der Waals surface area contributed by atoms with Crippen LogP contribution in [0.4, 0.5) is 5.82 Å². The van der Waals surface area contributed by atoms with Crippen molar-refractivity contribution in [3.63, 3.8) is 0 Å². The maximum Gasteiger partial charge on any atom is 0.274 e. The number of allylic oxidation sites excluding steroid dienone is 1. The van der Waals surface area contributed by atoms with Gasteiger partial charge in [-0.2, -0.15) is 0 Å². The van der Waals surface area contributed by atoms with Crippen molar-refractivity contribution in [1.82, 2.24) is 55.4 Å². The minimum absolute atomic E-state index is 0.0688. The maximum atomic E-state index is 14.3. The molecule has 7 aliphatic rings. The number of halogens is 1. The first-order valence-electron chi connectivity index (χ1n) is 26.6. The van der Waals surface area contributed by atoms with Crippen LogP contribution in [0.15, 0.2) is 59.6 Å². The average molecular weight is 1040 g/mol. The molecule has 1 unspecified atom stereocenters. The third-order valence-corrected chi connectivity index (χ3v) is 17.1. The van der Waals surface area contributed by atoms with Gasteiger partial charge in [0.2, 0.25) is 23.6 Å². The molecule has 10 rings (SSSR count). The van der Waals surface area contributed by atoms with Crippen LogP contribution in [0.25, 0.3) is 11.0 Å². The van der Waals surface area contributed by atoms with Crippen molar-refractivity contribution in [3.8, 4) is 0 Å². The van der Waals surface area contributed by atoms with Gasteiger partial charge in [0.05, 0.1) is 46.8 Å². The van der Waals surface area contributed by atoms with Crippen molar-refractivity contribution < 1.29 is 28.7 Å². The van der Waals surface area contributed by atoms with Gasteiger partial charge in [-0.05, 0) is 94.5 Å². The first-order chi connectivity index (χ1) is 35.7. The molecular formula is C53H75ClN14O6. The Morgan fingerprint density at radius 3 is 2.28 bits per heavy atom. The molecule has 21 heteroatoms. The fraction of sp³-hybridized carbons (Fsp3) is 0.623.